The Morgan fingerprint density at radius 2 is 2.36 bits per heavy atom. The van der Waals surface area contributed by atoms with Crippen LogP contribution in [0, 0.1) is 0 Å². The Kier molecular flexibility index (Phi) is 4.91. The van der Waals surface area contributed by atoms with Gasteiger partial charge in [0.1, 0.15) is 0 Å². The van der Waals surface area contributed by atoms with Gasteiger partial charge in [0.15, 0.2) is 6.29 Å². The van der Waals surface area contributed by atoms with Crippen LogP contribution in [0.4, 0.5) is 0 Å². The van der Waals surface area contributed by atoms with E-state index < -0.39 is 0 Å². The Bertz CT molecular complexity index is 92.1. The Morgan fingerprint density at radius 3 is 3.00 bits per heavy atom. The van der Waals surface area contributed by atoms with Crippen LogP contribution < -0.4 is 0 Å². The third kappa shape index (κ3) is 3.94. The third-order valence-electron chi connectivity index (χ3n) is 1.72. The van der Waals surface area contributed by atoms with Gasteiger partial charge in [0.25, 0.3) is 0 Å². The van der Waals surface area contributed by atoms with Gasteiger partial charge in [-0.3, -0.25) is 0 Å². The molecule has 11 heavy (non-hydrogen) atoms. The molecular formula is C8H15ClO2. The lowest BCUT2D eigenvalue weighted by molar-refractivity contribution is -0.162. The minimum absolute atomic E-state index is 0.0481. The van der Waals surface area contributed by atoms with Crippen LogP contribution in [0.15, 0.2) is 0 Å². The van der Waals surface area contributed by atoms with Crippen molar-refractivity contribution in [2.75, 3.05) is 19.1 Å². The van der Waals surface area contributed by atoms with E-state index in [-0.39, 0.29) is 6.29 Å². The first-order chi connectivity index (χ1) is 5.43. The van der Waals surface area contributed by atoms with E-state index in [1.165, 1.54) is 12.8 Å². The van der Waals surface area contributed by atoms with Crippen LogP contribution in [0.5, 0.6) is 0 Å². The number of rotatable bonds is 4. The van der Waals surface area contributed by atoms with Crippen LogP contribution in [-0.4, -0.2) is 25.4 Å². The van der Waals surface area contributed by atoms with Crippen molar-refractivity contribution in [3.05, 3.63) is 0 Å². The standard InChI is InChI=1S/C8H15ClO2/c9-5-3-7-11-8-4-1-2-6-10-8/h8H,1-7H2/t8-/m0/s1. The predicted molar refractivity (Wildman–Crippen MR) is 44.9 cm³/mol. The average molecular weight is 179 g/mol. The van der Waals surface area contributed by atoms with Crippen LogP contribution >= 0.6 is 11.6 Å². The van der Waals surface area contributed by atoms with E-state index in [2.05, 4.69) is 0 Å². The van der Waals surface area contributed by atoms with E-state index in [0.717, 1.165) is 26.1 Å². The van der Waals surface area contributed by atoms with Crippen molar-refractivity contribution in [2.24, 2.45) is 0 Å². The molecule has 1 fully saturated rings. The maximum absolute atomic E-state index is 5.50. The van der Waals surface area contributed by atoms with Crippen molar-refractivity contribution in [1.29, 1.82) is 0 Å². The lowest BCUT2D eigenvalue weighted by Crippen LogP contribution is -2.22. The maximum Gasteiger partial charge on any atom is 0.157 e. The number of hydrogen-bond donors (Lipinski definition) is 0. The van der Waals surface area contributed by atoms with Crippen LogP contribution in [0.1, 0.15) is 25.7 Å². The van der Waals surface area contributed by atoms with Gasteiger partial charge in [0, 0.05) is 12.5 Å². The largest absolute Gasteiger partial charge is 0.353 e. The van der Waals surface area contributed by atoms with Gasteiger partial charge in [0.2, 0.25) is 0 Å². The zero-order valence-corrected chi connectivity index (χ0v) is 7.48. The lowest BCUT2D eigenvalue weighted by atomic mass is 10.2. The van der Waals surface area contributed by atoms with Crippen molar-refractivity contribution in [2.45, 2.75) is 32.0 Å². The average Bonchev–Trinajstić information content (AvgIpc) is 2.07. The first-order valence-corrected chi connectivity index (χ1v) is 4.76. The Morgan fingerprint density at radius 1 is 1.45 bits per heavy atom. The van der Waals surface area contributed by atoms with E-state index >= 15 is 0 Å². The Hall–Kier alpha value is 0.210. The first-order valence-electron chi connectivity index (χ1n) is 4.22. The molecule has 1 heterocycles. The van der Waals surface area contributed by atoms with Crippen molar-refractivity contribution in [3.63, 3.8) is 0 Å². The molecule has 1 aliphatic heterocycles. The molecule has 0 aromatic rings. The summed E-state index contributed by atoms with van der Waals surface area (Å²) in [5.74, 6) is 0.673. The number of ether oxygens (including phenoxy) is 2. The highest BCUT2D eigenvalue weighted by atomic mass is 35.5. The van der Waals surface area contributed by atoms with Crippen molar-refractivity contribution < 1.29 is 9.47 Å². The van der Waals surface area contributed by atoms with E-state index in [1.54, 1.807) is 0 Å². The molecule has 1 rings (SSSR count). The fraction of sp³-hybridized carbons (Fsp3) is 1.00. The van der Waals surface area contributed by atoms with Gasteiger partial charge in [-0.25, -0.2) is 0 Å². The molecule has 0 saturated carbocycles. The summed E-state index contributed by atoms with van der Waals surface area (Å²) in [5, 5.41) is 0. The summed E-state index contributed by atoms with van der Waals surface area (Å²) in [7, 11) is 0. The zero-order valence-electron chi connectivity index (χ0n) is 6.72. The summed E-state index contributed by atoms with van der Waals surface area (Å²) in [6.07, 6.45) is 4.41. The minimum Gasteiger partial charge on any atom is -0.353 e. The van der Waals surface area contributed by atoms with Crippen molar-refractivity contribution >= 4 is 11.6 Å². The summed E-state index contributed by atoms with van der Waals surface area (Å²) >= 11 is 5.50. The van der Waals surface area contributed by atoms with Crippen LogP contribution in [0.25, 0.3) is 0 Å². The third-order valence-corrected chi connectivity index (χ3v) is 1.99. The van der Waals surface area contributed by atoms with E-state index in [0.29, 0.717) is 5.88 Å². The second kappa shape index (κ2) is 5.81. The summed E-state index contributed by atoms with van der Waals surface area (Å²) < 4.78 is 10.8. The van der Waals surface area contributed by atoms with Gasteiger partial charge in [-0.15, -0.1) is 11.6 Å². The van der Waals surface area contributed by atoms with Gasteiger partial charge < -0.3 is 9.47 Å². The molecule has 66 valence electrons. The van der Waals surface area contributed by atoms with Gasteiger partial charge >= 0.3 is 0 Å². The highest BCUT2D eigenvalue weighted by Gasteiger charge is 2.12. The molecule has 1 aliphatic rings. The predicted octanol–water partition coefficient (Wildman–Crippen LogP) is 2.16. The van der Waals surface area contributed by atoms with Gasteiger partial charge in [0.05, 0.1) is 6.61 Å². The maximum atomic E-state index is 5.50. The molecule has 0 unspecified atom stereocenters. The fourth-order valence-corrected chi connectivity index (χ4v) is 1.22. The molecule has 0 radical (unpaired) electrons. The molecule has 1 atom stereocenters. The highest BCUT2D eigenvalue weighted by Crippen LogP contribution is 2.13. The van der Waals surface area contributed by atoms with Crippen LogP contribution in [0.3, 0.4) is 0 Å². The molecule has 0 aromatic carbocycles. The molecule has 0 amide bonds. The van der Waals surface area contributed by atoms with Crippen molar-refractivity contribution in [1.82, 2.24) is 0 Å². The monoisotopic (exact) mass is 178 g/mol. The lowest BCUT2D eigenvalue weighted by Gasteiger charge is -2.22. The molecular weight excluding hydrogens is 164 g/mol. The molecule has 0 aliphatic carbocycles. The number of halogens is 1. The summed E-state index contributed by atoms with van der Waals surface area (Å²) in [6.45, 7) is 1.58. The van der Waals surface area contributed by atoms with E-state index in [4.69, 9.17) is 21.1 Å². The second-order valence-corrected chi connectivity index (χ2v) is 3.09. The summed E-state index contributed by atoms with van der Waals surface area (Å²) in [4.78, 5) is 0. The van der Waals surface area contributed by atoms with Gasteiger partial charge in [-0.2, -0.15) is 0 Å². The summed E-state index contributed by atoms with van der Waals surface area (Å²) in [5.41, 5.74) is 0. The van der Waals surface area contributed by atoms with E-state index in [9.17, 15) is 0 Å². The number of alkyl halides is 1. The minimum atomic E-state index is 0.0481. The van der Waals surface area contributed by atoms with E-state index in [1.807, 2.05) is 0 Å². The molecule has 0 bridgehead atoms. The quantitative estimate of drug-likeness (QED) is 0.485. The highest BCUT2D eigenvalue weighted by molar-refractivity contribution is 6.17. The summed E-state index contributed by atoms with van der Waals surface area (Å²) in [6, 6.07) is 0. The topological polar surface area (TPSA) is 18.5 Å². The smallest absolute Gasteiger partial charge is 0.157 e. The first kappa shape index (κ1) is 9.30. The van der Waals surface area contributed by atoms with Crippen LogP contribution in [0.2, 0.25) is 0 Å². The Labute approximate surface area is 72.8 Å². The molecule has 2 nitrogen and oxygen atoms in total. The second-order valence-electron chi connectivity index (χ2n) is 2.71. The fourth-order valence-electron chi connectivity index (χ4n) is 1.11. The molecule has 1 saturated heterocycles. The van der Waals surface area contributed by atoms with Gasteiger partial charge in [-0.1, -0.05) is 0 Å². The molecule has 0 N–H and O–H groups in total. The molecule has 0 spiro atoms. The Balaban J connectivity index is 1.96. The number of hydrogen-bond acceptors (Lipinski definition) is 2. The zero-order chi connectivity index (χ0) is 7.94. The van der Waals surface area contributed by atoms with Crippen molar-refractivity contribution in [3.8, 4) is 0 Å². The normalized spacial score (nSPS) is 25.4. The SMILES string of the molecule is ClCCCO[C@H]1CCCCO1. The van der Waals surface area contributed by atoms with Gasteiger partial charge in [-0.05, 0) is 25.7 Å². The molecule has 3 heteroatoms. The van der Waals surface area contributed by atoms with Crippen LogP contribution in [-0.2, 0) is 9.47 Å². The molecule has 0 aromatic heterocycles.